The fourth-order valence-corrected chi connectivity index (χ4v) is 3.10. The zero-order chi connectivity index (χ0) is 25.2. The summed E-state index contributed by atoms with van der Waals surface area (Å²) in [6, 6.07) is 0. The third-order valence-corrected chi connectivity index (χ3v) is 4.78. The number of unbranched alkanes of at least 4 members (excludes halogenated alkanes) is 1. The van der Waals surface area contributed by atoms with Crippen molar-refractivity contribution in [1.82, 2.24) is 19.6 Å². The van der Waals surface area contributed by atoms with E-state index in [4.69, 9.17) is 15.9 Å². The number of carboxylic acids is 3. The first-order chi connectivity index (χ1) is 15.6. The van der Waals surface area contributed by atoms with E-state index < -0.39 is 17.9 Å². The van der Waals surface area contributed by atoms with E-state index in [0.29, 0.717) is 58.7 Å². The van der Waals surface area contributed by atoms with Crippen LogP contribution in [0.4, 0.5) is 0 Å². The Bertz CT molecular complexity index is 660. The molecule has 0 radical (unpaired) electrons. The molecule has 184 valence electrons. The number of hydrogen-bond donors (Lipinski definition) is 4. The number of nitrogens with two attached hydrogens (primary N) is 1. The minimum absolute atomic E-state index is 0.0108. The van der Waals surface area contributed by atoms with Gasteiger partial charge in [0.15, 0.2) is 0 Å². The van der Waals surface area contributed by atoms with Crippen molar-refractivity contribution < 1.29 is 34.5 Å². The van der Waals surface area contributed by atoms with Crippen molar-refractivity contribution in [3.63, 3.8) is 0 Å². The summed E-state index contributed by atoms with van der Waals surface area (Å²) in [7, 11) is 7.10. The van der Waals surface area contributed by atoms with Crippen LogP contribution in [0.15, 0.2) is 0 Å². The molecule has 0 unspecified atom stereocenters. The van der Waals surface area contributed by atoms with Crippen molar-refractivity contribution in [3.8, 4) is 0 Å². The SMILES string of the molecule is B=CN(C=B)C(=O)CN(CCN)CCN(CCN(CCCCC(=O)O)CC(=O)O)CC(=O)O. The van der Waals surface area contributed by atoms with Gasteiger partial charge in [0.2, 0.25) is 0 Å². The molecule has 0 saturated heterocycles. The average Bonchev–Trinajstić information content (AvgIpc) is 2.72. The van der Waals surface area contributed by atoms with Crippen LogP contribution in [0.2, 0.25) is 0 Å². The Kier molecular flexibility index (Phi) is 16.7. The van der Waals surface area contributed by atoms with E-state index in [0.717, 1.165) is 0 Å². The van der Waals surface area contributed by atoms with E-state index in [2.05, 4.69) is 15.0 Å². The maximum atomic E-state index is 12.3. The number of nitrogens with zero attached hydrogens (tertiary/aromatic N) is 4. The number of rotatable bonds is 21. The van der Waals surface area contributed by atoms with Gasteiger partial charge >= 0.3 is 156 Å². The van der Waals surface area contributed by atoms with E-state index >= 15 is 0 Å². The van der Waals surface area contributed by atoms with Crippen molar-refractivity contribution in [2.75, 3.05) is 65.4 Å². The first-order valence-electron chi connectivity index (χ1n) is 10.7. The first kappa shape index (κ1) is 30.6. The van der Waals surface area contributed by atoms with Crippen LogP contribution in [0.1, 0.15) is 19.3 Å². The molecule has 0 aliphatic carbocycles. The molecule has 0 fully saturated rings. The van der Waals surface area contributed by atoms with Gasteiger partial charge in [-0.05, 0) is 12.8 Å². The van der Waals surface area contributed by atoms with Gasteiger partial charge < -0.3 is 10.2 Å². The zero-order valence-electron chi connectivity index (χ0n) is 19.1. The van der Waals surface area contributed by atoms with Crippen LogP contribution in [0, 0.1) is 0 Å². The molecule has 0 aliphatic rings. The molecule has 0 rings (SSSR count). The Morgan fingerprint density at radius 3 is 1.52 bits per heavy atom. The molecule has 0 heterocycles. The van der Waals surface area contributed by atoms with Crippen LogP contribution in [0.25, 0.3) is 0 Å². The van der Waals surface area contributed by atoms with Gasteiger partial charge in [-0.2, -0.15) is 0 Å². The average molecular weight is 467 g/mol. The van der Waals surface area contributed by atoms with Crippen molar-refractivity contribution in [2.24, 2.45) is 5.73 Å². The Morgan fingerprint density at radius 1 is 0.667 bits per heavy atom. The second kappa shape index (κ2) is 18.1. The predicted octanol–water partition coefficient (Wildman–Crippen LogP) is -3.58. The van der Waals surface area contributed by atoms with Gasteiger partial charge in [-0.25, -0.2) is 0 Å². The number of carbonyl (C=O) groups excluding carboxylic acids is 1. The molecule has 0 aromatic carbocycles. The molecule has 0 aromatic rings. The maximum absolute atomic E-state index is 12.3. The van der Waals surface area contributed by atoms with Gasteiger partial charge in [0.1, 0.15) is 0 Å². The molecule has 0 atom stereocenters. The van der Waals surface area contributed by atoms with Crippen molar-refractivity contribution in [3.05, 3.63) is 0 Å². The fourth-order valence-electron chi connectivity index (χ4n) is 3.10. The molecular formula is C19H35B2N5O7. The minimum atomic E-state index is -1.02. The number of carboxylic acid groups (broad SMARTS) is 3. The molecular weight excluding hydrogens is 432 g/mol. The summed E-state index contributed by atoms with van der Waals surface area (Å²) in [5, 5.41) is 27.1. The van der Waals surface area contributed by atoms with Crippen molar-refractivity contribution >= 4 is 51.0 Å². The van der Waals surface area contributed by atoms with Gasteiger partial charge in [-0.1, -0.05) is 0 Å². The van der Waals surface area contributed by atoms with Crippen molar-refractivity contribution in [1.29, 1.82) is 0 Å². The normalized spacial score (nSPS) is 11.0. The summed E-state index contributed by atoms with van der Waals surface area (Å²) in [6.07, 6.45) is 3.66. The predicted molar refractivity (Wildman–Crippen MR) is 128 cm³/mol. The Hall–Kier alpha value is -2.41. The number of hydrogen-bond acceptors (Lipinski definition) is 8. The first-order valence-corrected chi connectivity index (χ1v) is 10.7. The van der Waals surface area contributed by atoms with E-state index in [1.54, 1.807) is 14.7 Å². The quantitative estimate of drug-likeness (QED) is 0.0974. The number of amides is 1. The van der Waals surface area contributed by atoms with E-state index in [-0.39, 0.29) is 32.0 Å². The third kappa shape index (κ3) is 15.9. The molecule has 14 heteroatoms. The summed E-state index contributed by atoms with van der Waals surface area (Å²) in [4.78, 5) is 51.8. The summed E-state index contributed by atoms with van der Waals surface area (Å²) in [5.41, 5.74) is 5.64. The Labute approximate surface area is 196 Å². The van der Waals surface area contributed by atoms with E-state index in [9.17, 15) is 24.3 Å². The van der Waals surface area contributed by atoms with Gasteiger partial charge in [-0.3, -0.25) is 9.59 Å². The Morgan fingerprint density at radius 2 is 1.12 bits per heavy atom. The molecule has 0 aromatic heterocycles. The number of carbonyl (C=O) groups is 4. The second-order valence-electron chi connectivity index (χ2n) is 7.42. The molecule has 33 heavy (non-hydrogen) atoms. The van der Waals surface area contributed by atoms with Gasteiger partial charge in [0.05, 0.1) is 0 Å². The van der Waals surface area contributed by atoms with Crippen LogP contribution in [-0.2, 0) is 19.2 Å². The molecule has 0 aliphatic heterocycles. The van der Waals surface area contributed by atoms with Gasteiger partial charge in [-0.15, -0.1) is 0 Å². The molecule has 0 spiro atoms. The van der Waals surface area contributed by atoms with Crippen LogP contribution in [0.3, 0.4) is 0 Å². The molecule has 5 N–H and O–H groups in total. The molecule has 0 bridgehead atoms. The zero-order valence-corrected chi connectivity index (χ0v) is 19.1. The van der Waals surface area contributed by atoms with Gasteiger partial charge in [0.25, 0.3) is 0 Å². The summed E-state index contributed by atoms with van der Waals surface area (Å²) < 4.78 is 0. The topological polar surface area (TPSA) is 168 Å². The van der Waals surface area contributed by atoms with Crippen LogP contribution in [0.5, 0.6) is 0 Å². The second-order valence-corrected chi connectivity index (χ2v) is 7.42. The van der Waals surface area contributed by atoms with Crippen LogP contribution >= 0.6 is 0 Å². The Balaban J connectivity index is 4.94. The summed E-state index contributed by atoms with van der Waals surface area (Å²) in [5.74, 6) is -3.18. The van der Waals surface area contributed by atoms with E-state index in [1.165, 1.54) is 17.1 Å². The molecule has 1 amide bonds. The van der Waals surface area contributed by atoms with E-state index in [1.807, 2.05) is 0 Å². The molecule has 0 saturated carbocycles. The van der Waals surface area contributed by atoms with Crippen LogP contribution in [-0.4, -0.2) is 151 Å². The number of aliphatic carboxylic acids is 3. The monoisotopic (exact) mass is 467 g/mol. The molecule has 12 nitrogen and oxygen atoms in total. The standard InChI is InChI=1S/C19H35B2N5O7/c20-14-26(15-21)16(27)11-24(6-4-22)8-10-25(13-19(32)33)9-7-23(12-18(30)31)5-2-1-3-17(28)29/h14-15,20-21H,1-13,22H2,(H,28,29)(H,30,31)(H,32,33). The van der Waals surface area contributed by atoms with Crippen molar-refractivity contribution in [2.45, 2.75) is 19.3 Å². The summed E-state index contributed by atoms with van der Waals surface area (Å²) >= 11 is 0. The fraction of sp³-hybridized carbons (Fsp3) is 0.684. The van der Waals surface area contributed by atoms with Gasteiger partial charge in [0, 0.05) is 6.42 Å². The third-order valence-electron chi connectivity index (χ3n) is 4.78. The summed E-state index contributed by atoms with van der Waals surface area (Å²) in [6.45, 7) is 2.07. The van der Waals surface area contributed by atoms with Crippen LogP contribution < -0.4 is 5.73 Å².